The molecule has 2 fully saturated rings. The fourth-order valence-electron chi connectivity index (χ4n) is 5.53. The summed E-state index contributed by atoms with van der Waals surface area (Å²) in [6.07, 6.45) is -2.85. The predicted molar refractivity (Wildman–Crippen MR) is 147 cm³/mol. The fraction of sp³-hybridized carbons (Fsp3) is 0.517. The number of benzene rings is 2. The van der Waals surface area contributed by atoms with E-state index in [1.165, 1.54) is 32.0 Å². The van der Waals surface area contributed by atoms with Crippen molar-refractivity contribution in [2.45, 2.75) is 51.9 Å². The van der Waals surface area contributed by atoms with Crippen LogP contribution in [0.3, 0.4) is 0 Å². The number of carbonyl (C=O) groups is 2. The van der Waals surface area contributed by atoms with Gasteiger partial charge in [-0.25, -0.2) is 4.39 Å². The smallest absolute Gasteiger partial charge is 0.381 e. The summed E-state index contributed by atoms with van der Waals surface area (Å²) in [5.74, 6) is -1.04. The zero-order valence-electron chi connectivity index (χ0n) is 23.4. The molecular formula is C29H37F4N5O2. The van der Waals surface area contributed by atoms with Gasteiger partial charge in [-0.3, -0.25) is 9.59 Å². The van der Waals surface area contributed by atoms with Gasteiger partial charge in [0, 0.05) is 39.1 Å². The molecule has 2 heterocycles. The number of piperazine rings is 1. The summed E-state index contributed by atoms with van der Waals surface area (Å²) in [5, 5.41) is 6.19. The number of carbonyl (C=O) groups excluding carboxylic acids is 2. The van der Waals surface area contributed by atoms with Gasteiger partial charge < -0.3 is 25.3 Å². The molecule has 2 aliphatic rings. The molecule has 2 aromatic rings. The number of halogens is 4. The second-order valence-corrected chi connectivity index (χ2v) is 10.8. The summed E-state index contributed by atoms with van der Waals surface area (Å²) in [4.78, 5) is 31.1. The molecule has 0 radical (unpaired) electrons. The molecule has 0 saturated carbocycles. The molecule has 0 bridgehead atoms. The van der Waals surface area contributed by atoms with E-state index < -0.39 is 29.5 Å². The summed E-state index contributed by atoms with van der Waals surface area (Å²) in [7, 11) is 2.03. The van der Waals surface area contributed by atoms with Crippen molar-refractivity contribution in [1.82, 2.24) is 15.1 Å². The first-order chi connectivity index (χ1) is 18.8. The standard InChI is InChI=1S/C29H37F4N5O2/c1-18-22(6-5-7-24(18)29(31,32)33)19(2)34-28(40)23-16-27(38-14-12-37(13-15-38)20(3)39)25(30)17-26(23)35-21-8-10-36(4)11-9-21/h5-7,16-17,19,21,35H,8-15H2,1-4H3,(H,34,40)/t19-/m1/s1. The lowest BCUT2D eigenvalue weighted by Crippen LogP contribution is -2.48. The number of hydrogen-bond acceptors (Lipinski definition) is 5. The van der Waals surface area contributed by atoms with Gasteiger partial charge in [-0.1, -0.05) is 12.1 Å². The van der Waals surface area contributed by atoms with Crippen molar-refractivity contribution in [3.63, 3.8) is 0 Å². The third kappa shape index (κ3) is 6.68. The zero-order chi connectivity index (χ0) is 29.2. The topological polar surface area (TPSA) is 67.9 Å². The van der Waals surface area contributed by atoms with E-state index >= 15 is 4.39 Å². The first-order valence-electron chi connectivity index (χ1n) is 13.6. The molecule has 40 heavy (non-hydrogen) atoms. The highest BCUT2D eigenvalue weighted by Gasteiger charge is 2.34. The highest BCUT2D eigenvalue weighted by Crippen LogP contribution is 2.35. The van der Waals surface area contributed by atoms with Crippen LogP contribution < -0.4 is 15.5 Å². The number of likely N-dealkylation sites (tertiary alicyclic amines) is 1. The van der Waals surface area contributed by atoms with Gasteiger partial charge in [0.2, 0.25) is 5.91 Å². The lowest BCUT2D eigenvalue weighted by molar-refractivity contribution is -0.138. The van der Waals surface area contributed by atoms with E-state index in [4.69, 9.17) is 0 Å². The quantitative estimate of drug-likeness (QED) is 0.494. The molecule has 0 aromatic heterocycles. The average Bonchev–Trinajstić information content (AvgIpc) is 2.89. The van der Waals surface area contributed by atoms with Crippen LogP contribution in [0, 0.1) is 12.7 Å². The molecule has 218 valence electrons. The number of nitrogens with zero attached hydrogens (tertiary/aromatic N) is 3. The number of nitrogens with one attached hydrogen (secondary N) is 2. The maximum atomic E-state index is 15.5. The second-order valence-electron chi connectivity index (χ2n) is 10.8. The Morgan fingerprint density at radius 2 is 1.68 bits per heavy atom. The Hall–Kier alpha value is -3.34. The Bertz CT molecular complexity index is 1240. The van der Waals surface area contributed by atoms with Crippen LogP contribution in [0.2, 0.25) is 0 Å². The van der Waals surface area contributed by atoms with Gasteiger partial charge in [0.15, 0.2) is 0 Å². The van der Waals surface area contributed by atoms with Crippen LogP contribution in [0.15, 0.2) is 30.3 Å². The molecule has 2 N–H and O–H groups in total. The van der Waals surface area contributed by atoms with Crippen LogP contribution in [-0.2, 0) is 11.0 Å². The second kappa shape index (κ2) is 12.0. The highest BCUT2D eigenvalue weighted by atomic mass is 19.4. The first-order valence-corrected chi connectivity index (χ1v) is 13.6. The Morgan fingerprint density at radius 1 is 1.02 bits per heavy atom. The van der Waals surface area contributed by atoms with Crippen LogP contribution in [0.25, 0.3) is 0 Å². The number of amides is 2. The number of rotatable bonds is 6. The Labute approximate surface area is 232 Å². The van der Waals surface area contributed by atoms with Crippen molar-refractivity contribution in [2.75, 3.05) is 56.5 Å². The number of alkyl halides is 3. The maximum absolute atomic E-state index is 15.5. The normalized spacial score (nSPS) is 18.0. The predicted octanol–water partition coefficient (Wildman–Crippen LogP) is 4.82. The largest absolute Gasteiger partial charge is 0.416 e. The van der Waals surface area contributed by atoms with Gasteiger partial charge in [-0.15, -0.1) is 0 Å². The van der Waals surface area contributed by atoms with Crippen molar-refractivity contribution in [3.05, 3.63) is 58.4 Å². The van der Waals surface area contributed by atoms with Crippen molar-refractivity contribution < 1.29 is 27.2 Å². The van der Waals surface area contributed by atoms with Crippen molar-refractivity contribution in [1.29, 1.82) is 0 Å². The van der Waals surface area contributed by atoms with E-state index in [0.29, 0.717) is 37.4 Å². The first kappa shape index (κ1) is 29.6. The molecule has 7 nitrogen and oxygen atoms in total. The Kier molecular flexibility index (Phi) is 8.92. The molecule has 0 spiro atoms. The van der Waals surface area contributed by atoms with E-state index in [2.05, 4.69) is 15.5 Å². The minimum atomic E-state index is -4.51. The van der Waals surface area contributed by atoms with E-state index in [9.17, 15) is 22.8 Å². The van der Waals surface area contributed by atoms with Crippen LogP contribution in [0.4, 0.5) is 28.9 Å². The molecule has 2 aromatic carbocycles. The van der Waals surface area contributed by atoms with E-state index in [-0.39, 0.29) is 28.8 Å². The molecule has 11 heteroatoms. The number of anilines is 2. The average molecular weight is 564 g/mol. The van der Waals surface area contributed by atoms with Crippen molar-refractivity contribution in [3.8, 4) is 0 Å². The van der Waals surface area contributed by atoms with Gasteiger partial charge in [-0.2, -0.15) is 13.2 Å². The number of piperidine rings is 1. The van der Waals surface area contributed by atoms with Crippen LogP contribution in [0.1, 0.15) is 59.8 Å². The molecule has 2 saturated heterocycles. The minimum absolute atomic E-state index is 0.0447. The van der Waals surface area contributed by atoms with Gasteiger partial charge >= 0.3 is 6.18 Å². The SMILES string of the molecule is CC(=O)N1CCN(c2cc(C(=O)N[C@H](C)c3cccc(C(F)(F)F)c3C)c(NC3CCN(C)CC3)cc2F)CC1. The third-order valence-corrected chi connectivity index (χ3v) is 7.97. The van der Waals surface area contributed by atoms with Gasteiger partial charge in [0.1, 0.15) is 5.82 Å². The van der Waals surface area contributed by atoms with Gasteiger partial charge in [-0.05, 0) is 76.2 Å². The molecule has 4 rings (SSSR count). The van der Waals surface area contributed by atoms with Crippen LogP contribution in [0.5, 0.6) is 0 Å². The maximum Gasteiger partial charge on any atom is 0.416 e. The van der Waals surface area contributed by atoms with Gasteiger partial charge in [0.05, 0.1) is 28.5 Å². The molecule has 0 unspecified atom stereocenters. The summed E-state index contributed by atoms with van der Waals surface area (Å²) in [6.45, 7) is 7.97. The monoisotopic (exact) mass is 563 g/mol. The molecule has 2 aliphatic heterocycles. The zero-order valence-corrected chi connectivity index (χ0v) is 23.4. The highest BCUT2D eigenvalue weighted by molar-refractivity contribution is 6.01. The summed E-state index contributed by atoms with van der Waals surface area (Å²) >= 11 is 0. The van der Waals surface area contributed by atoms with Crippen molar-refractivity contribution >= 4 is 23.2 Å². The molecule has 2 amide bonds. The molecular weight excluding hydrogens is 526 g/mol. The van der Waals surface area contributed by atoms with Gasteiger partial charge in [0.25, 0.3) is 5.91 Å². The Balaban J connectivity index is 1.63. The third-order valence-electron chi connectivity index (χ3n) is 7.97. The Morgan fingerprint density at radius 3 is 2.27 bits per heavy atom. The van der Waals surface area contributed by atoms with Crippen LogP contribution >= 0.6 is 0 Å². The molecule has 0 aliphatic carbocycles. The number of hydrogen-bond donors (Lipinski definition) is 2. The summed E-state index contributed by atoms with van der Waals surface area (Å²) in [5.41, 5.74) is 0.491. The van der Waals surface area contributed by atoms with Crippen molar-refractivity contribution in [2.24, 2.45) is 0 Å². The van der Waals surface area contributed by atoms with E-state index in [0.717, 1.165) is 32.0 Å². The summed E-state index contributed by atoms with van der Waals surface area (Å²) < 4.78 is 55.9. The van der Waals surface area contributed by atoms with Crippen LogP contribution in [-0.4, -0.2) is 74.0 Å². The summed E-state index contributed by atoms with van der Waals surface area (Å²) in [6, 6.07) is 6.09. The fourth-order valence-corrected chi connectivity index (χ4v) is 5.53. The minimum Gasteiger partial charge on any atom is -0.381 e. The molecule has 1 atom stereocenters. The van der Waals surface area contributed by atoms with E-state index in [1.54, 1.807) is 17.9 Å². The lowest BCUT2D eigenvalue weighted by atomic mass is 9.97. The van der Waals surface area contributed by atoms with E-state index in [1.807, 2.05) is 11.9 Å². The lowest BCUT2D eigenvalue weighted by Gasteiger charge is -2.36.